The molecule has 2 aromatic carbocycles. The van der Waals surface area contributed by atoms with Gasteiger partial charge in [0.05, 0.1) is 4.90 Å². The molecule has 90 valence electrons. The first-order valence-corrected chi connectivity index (χ1v) is 6.82. The van der Waals surface area contributed by atoms with Crippen molar-refractivity contribution < 1.29 is 42.5 Å². The van der Waals surface area contributed by atoms with E-state index < -0.39 is 10.1 Å². The minimum absolute atomic E-state index is 0. The van der Waals surface area contributed by atoms with E-state index >= 15 is 0 Å². The SMILES string of the molecule is CCc1ccc(C)c2cc(S(=O)(=O)[O-])ccc12.[Na+]. The molecule has 0 N–H and O–H groups in total. The van der Waals surface area contributed by atoms with Crippen LogP contribution >= 0.6 is 0 Å². The fourth-order valence-electron chi connectivity index (χ4n) is 2.00. The van der Waals surface area contributed by atoms with Gasteiger partial charge in [0.25, 0.3) is 0 Å². The number of benzene rings is 2. The Hall–Kier alpha value is -0.390. The molecule has 0 saturated heterocycles. The smallest absolute Gasteiger partial charge is 0.744 e. The second-order valence-electron chi connectivity index (χ2n) is 4.06. The minimum atomic E-state index is -4.38. The van der Waals surface area contributed by atoms with Crippen LogP contribution < -0.4 is 29.6 Å². The van der Waals surface area contributed by atoms with E-state index in [4.69, 9.17) is 0 Å². The zero-order valence-corrected chi connectivity index (χ0v) is 13.5. The van der Waals surface area contributed by atoms with Crippen LogP contribution in [-0.4, -0.2) is 13.0 Å². The number of hydrogen-bond acceptors (Lipinski definition) is 3. The Morgan fingerprint density at radius 3 is 2.33 bits per heavy atom. The molecule has 0 radical (unpaired) electrons. The molecule has 0 unspecified atom stereocenters. The molecule has 2 rings (SSSR count). The normalized spacial score (nSPS) is 11.3. The van der Waals surface area contributed by atoms with Gasteiger partial charge in [-0.2, -0.15) is 0 Å². The molecule has 0 aromatic heterocycles. The van der Waals surface area contributed by atoms with Gasteiger partial charge in [-0.15, -0.1) is 0 Å². The Bertz CT molecular complexity index is 678. The van der Waals surface area contributed by atoms with Gasteiger partial charge in [0.15, 0.2) is 0 Å². The van der Waals surface area contributed by atoms with Crippen molar-refractivity contribution in [1.82, 2.24) is 0 Å². The average molecular weight is 272 g/mol. The standard InChI is InChI=1S/C13H14O3S.Na/c1-3-10-5-4-9(2)13-8-11(17(14,15)16)6-7-12(10)13;/h4-8H,3H2,1-2H3,(H,14,15,16);/q;+1/p-1. The molecule has 2 aromatic rings. The van der Waals surface area contributed by atoms with Crippen molar-refractivity contribution in [2.24, 2.45) is 0 Å². The van der Waals surface area contributed by atoms with Crippen molar-refractivity contribution in [3.63, 3.8) is 0 Å². The number of aryl methyl sites for hydroxylation is 2. The quantitative estimate of drug-likeness (QED) is 0.553. The van der Waals surface area contributed by atoms with E-state index in [9.17, 15) is 13.0 Å². The summed E-state index contributed by atoms with van der Waals surface area (Å²) in [4.78, 5) is -0.165. The zero-order chi connectivity index (χ0) is 12.6. The molecule has 0 aliphatic heterocycles. The van der Waals surface area contributed by atoms with Gasteiger partial charge in [0.1, 0.15) is 10.1 Å². The van der Waals surface area contributed by atoms with Gasteiger partial charge < -0.3 is 4.55 Å². The summed E-state index contributed by atoms with van der Waals surface area (Å²) in [6, 6.07) is 8.53. The fraction of sp³-hybridized carbons (Fsp3) is 0.231. The van der Waals surface area contributed by atoms with Crippen molar-refractivity contribution in [3.05, 3.63) is 41.5 Å². The Morgan fingerprint density at radius 2 is 1.78 bits per heavy atom. The topological polar surface area (TPSA) is 57.2 Å². The Balaban J connectivity index is 0.00000162. The van der Waals surface area contributed by atoms with Crippen LogP contribution in [0.3, 0.4) is 0 Å². The summed E-state index contributed by atoms with van der Waals surface area (Å²) in [6.45, 7) is 3.95. The van der Waals surface area contributed by atoms with E-state index in [2.05, 4.69) is 0 Å². The van der Waals surface area contributed by atoms with Gasteiger partial charge in [-0.25, -0.2) is 8.42 Å². The molecule has 0 heterocycles. The number of hydrogen-bond donors (Lipinski definition) is 0. The predicted molar refractivity (Wildman–Crippen MR) is 66.0 cm³/mol. The van der Waals surface area contributed by atoms with Gasteiger partial charge in [-0.3, -0.25) is 0 Å². The molecule has 0 amide bonds. The maximum absolute atomic E-state index is 11.0. The van der Waals surface area contributed by atoms with E-state index in [-0.39, 0.29) is 34.5 Å². The zero-order valence-electron chi connectivity index (χ0n) is 10.7. The fourth-order valence-corrected chi connectivity index (χ4v) is 2.50. The molecule has 18 heavy (non-hydrogen) atoms. The summed E-state index contributed by atoms with van der Waals surface area (Å²) in [5.41, 5.74) is 2.13. The largest absolute Gasteiger partial charge is 1.00 e. The molecular formula is C13H13NaO3S. The molecule has 5 heteroatoms. The van der Waals surface area contributed by atoms with Crippen LogP contribution in [0.15, 0.2) is 35.2 Å². The summed E-state index contributed by atoms with van der Waals surface area (Å²) in [5, 5.41) is 1.85. The molecule has 0 fully saturated rings. The Labute approximate surface area is 129 Å². The monoisotopic (exact) mass is 272 g/mol. The summed E-state index contributed by atoms with van der Waals surface area (Å²) >= 11 is 0. The van der Waals surface area contributed by atoms with E-state index in [1.54, 1.807) is 6.07 Å². The summed E-state index contributed by atoms with van der Waals surface area (Å²) in [6.07, 6.45) is 0.875. The second-order valence-corrected chi connectivity index (χ2v) is 5.44. The van der Waals surface area contributed by atoms with E-state index in [0.29, 0.717) is 0 Å². The third-order valence-corrected chi connectivity index (χ3v) is 3.80. The first-order chi connectivity index (χ1) is 7.93. The summed E-state index contributed by atoms with van der Waals surface area (Å²) in [7, 11) is -4.38. The van der Waals surface area contributed by atoms with Gasteiger partial charge in [0.2, 0.25) is 0 Å². The van der Waals surface area contributed by atoms with E-state index in [0.717, 1.165) is 28.3 Å². The van der Waals surface area contributed by atoms with Gasteiger partial charge in [-0.1, -0.05) is 25.1 Å². The van der Waals surface area contributed by atoms with Crippen LogP contribution in [0.25, 0.3) is 10.8 Å². The van der Waals surface area contributed by atoms with Crippen molar-refractivity contribution in [2.45, 2.75) is 25.2 Å². The van der Waals surface area contributed by atoms with Gasteiger partial charge in [-0.05, 0) is 47.4 Å². The van der Waals surface area contributed by atoms with Crippen molar-refractivity contribution >= 4 is 20.9 Å². The second kappa shape index (κ2) is 5.72. The van der Waals surface area contributed by atoms with Crippen LogP contribution in [0.5, 0.6) is 0 Å². The minimum Gasteiger partial charge on any atom is -0.744 e. The van der Waals surface area contributed by atoms with Crippen LogP contribution in [0, 0.1) is 6.92 Å². The van der Waals surface area contributed by atoms with Crippen molar-refractivity contribution in [1.29, 1.82) is 0 Å². The number of fused-ring (bicyclic) bond motifs is 1. The third-order valence-electron chi connectivity index (χ3n) is 2.97. The third kappa shape index (κ3) is 2.95. The first kappa shape index (κ1) is 15.7. The van der Waals surface area contributed by atoms with E-state index in [1.807, 2.05) is 26.0 Å². The molecule has 0 saturated carbocycles. The van der Waals surface area contributed by atoms with Crippen LogP contribution in [0.2, 0.25) is 0 Å². The predicted octanol–water partition coefficient (Wildman–Crippen LogP) is -0.381. The Morgan fingerprint density at radius 1 is 1.11 bits per heavy atom. The average Bonchev–Trinajstić information content (AvgIpc) is 2.28. The maximum atomic E-state index is 11.0. The Kier molecular flexibility index (Phi) is 4.98. The van der Waals surface area contributed by atoms with Gasteiger partial charge in [0, 0.05) is 0 Å². The summed E-state index contributed by atoms with van der Waals surface area (Å²) < 4.78 is 33.0. The molecule has 0 atom stereocenters. The van der Waals surface area contributed by atoms with Crippen molar-refractivity contribution in [2.75, 3.05) is 0 Å². The van der Waals surface area contributed by atoms with E-state index in [1.165, 1.54) is 12.1 Å². The summed E-state index contributed by atoms with van der Waals surface area (Å²) in [5.74, 6) is 0. The van der Waals surface area contributed by atoms with Crippen molar-refractivity contribution in [3.8, 4) is 0 Å². The number of rotatable bonds is 2. The van der Waals surface area contributed by atoms with Crippen LogP contribution in [0.4, 0.5) is 0 Å². The van der Waals surface area contributed by atoms with Crippen LogP contribution in [-0.2, 0) is 16.5 Å². The molecule has 0 aliphatic rings. The molecule has 0 aliphatic carbocycles. The maximum Gasteiger partial charge on any atom is 1.00 e. The first-order valence-electron chi connectivity index (χ1n) is 5.41. The molecule has 3 nitrogen and oxygen atoms in total. The molecule has 0 bridgehead atoms. The van der Waals surface area contributed by atoms with Gasteiger partial charge >= 0.3 is 29.6 Å². The molecule has 0 spiro atoms. The van der Waals surface area contributed by atoms with Crippen LogP contribution in [0.1, 0.15) is 18.1 Å². The molecular weight excluding hydrogens is 259 g/mol.